The van der Waals surface area contributed by atoms with E-state index in [-0.39, 0.29) is 4.90 Å². The van der Waals surface area contributed by atoms with Crippen molar-refractivity contribution in [3.8, 4) is 0 Å². The minimum Gasteiger partial charge on any atom is -0.369 e. The fourth-order valence-corrected chi connectivity index (χ4v) is 3.81. The quantitative estimate of drug-likeness (QED) is 0.786. The normalized spacial score (nSPS) is 17.9. The van der Waals surface area contributed by atoms with Crippen molar-refractivity contribution in [3.63, 3.8) is 0 Å². The zero-order valence-corrected chi connectivity index (χ0v) is 14.5. The molecule has 7 nitrogen and oxygen atoms in total. The van der Waals surface area contributed by atoms with Gasteiger partial charge >= 0.3 is 0 Å². The van der Waals surface area contributed by atoms with E-state index in [1.54, 1.807) is 17.3 Å². The molecule has 21 heavy (non-hydrogen) atoms. The SMILES string of the molecule is CCNc1ncc(Br)cc1S(=O)(=O)NN1CCN(C)CC1. The molecule has 0 aromatic carbocycles. The molecule has 2 heterocycles. The second-order valence-electron chi connectivity index (χ2n) is 4.92. The third-order valence-electron chi connectivity index (χ3n) is 3.21. The van der Waals surface area contributed by atoms with Crippen molar-refractivity contribution >= 4 is 31.8 Å². The van der Waals surface area contributed by atoms with E-state index in [4.69, 9.17) is 0 Å². The summed E-state index contributed by atoms with van der Waals surface area (Å²) in [5, 5.41) is 4.70. The molecule has 1 aliphatic heterocycles. The van der Waals surface area contributed by atoms with Crippen molar-refractivity contribution in [1.82, 2.24) is 19.7 Å². The number of nitrogens with one attached hydrogen (secondary N) is 2. The number of likely N-dealkylation sites (N-methyl/N-ethyl adjacent to an activating group) is 1. The lowest BCUT2D eigenvalue weighted by molar-refractivity contribution is 0.135. The van der Waals surface area contributed by atoms with Gasteiger partial charge in [-0.25, -0.2) is 18.4 Å². The molecule has 1 aromatic rings. The molecule has 2 rings (SSSR count). The molecule has 1 aliphatic rings. The van der Waals surface area contributed by atoms with E-state index in [0.717, 1.165) is 13.1 Å². The highest BCUT2D eigenvalue weighted by atomic mass is 79.9. The van der Waals surface area contributed by atoms with Crippen LogP contribution in [-0.2, 0) is 10.0 Å². The molecule has 0 radical (unpaired) electrons. The monoisotopic (exact) mass is 377 g/mol. The maximum atomic E-state index is 12.6. The number of sulfonamides is 1. The predicted molar refractivity (Wildman–Crippen MR) is 85.5 cm³/mol. The van der Waals surface area contributed by atoms with Gasteiger partial charge < -0.3 is 10.2 Å². The Hall–Kier alpha value is -0.740. The van der Waals surface area contributed by atoms with Crippen LogP contribution in [0.1, 0.15) is 6.92 Å². The lowest BCUT2D eigenvalue weighted by Crippen LogP contribution is -2.52. The molecule has 118 valence electrons. The maximum Gasteiger partial charge on any atom is 0.257 e. The molecule has 0 bridgehead atoms. The van der Waals surface area contributed by atoms with Crippen molar-refractivity contribution in [3.05, 3.63) is 16.7 Å². The smallest absolute Gasteiger partial charge is 0.257 e. The molecule has 0 aliphatic carbocycles. The van der Waals surface area contributed by atoms with Crippen LogP contribution in [0.4, 0.5) is 5.82 Å². The zero-order valence-electron chi connectivity index (χ0n) is 12.1. The fourth-order valence-electron chi connectivity index (χ4n) is 2.04. The van der Waals surface area contributed by atoms with E-state index in [2.05, 4.69) is 36.0 Å². The van der Waals surface area contributed by atoms with Gasteiger partial charge in [0.25, 0.3) is 10.0 Å². The number of hydrogen-bond acceptors (Lipinski definition) is 6. The average molecular weight is 378 g/mol. The highest BCUT2D eigenvalue weighted by Gasteiger charge is 2.24. The Morgan fingerprint density at radius 2 is 2.00 bits per heavy atom. The van der Waals surface area contributed by atoms with Gasteiger partial charge in [-0.15, -0.1) is 4.83 Å². The number of rotatable bonds is 5. The van der Waals surface area contributed by atoms with Crippen molar-refractivity contribution in [2.24, 2.45) is 0 Å². The van der Waals surface area contributed by atoms with E-state index >= 15 is 0 Å². The summed E-state index contributed by atoms with van der Waals surface area (Å²) in [5.41, 5.74) is 0. The minimum absolute atomic E-state index is 0.151. The van der Waals surface area contributed by atoms with Gasteiger partial charge in [0.05, 0.1) is 0 Å². The van der Waals surface area contributed by atoms with Crippen molar-refractivity contribution in [1.29, 1.82) is 0 Å². The number of halogens is 1. The maximum absolute atomic E-state index is 12.6. The Kier molecular flexibility index (Phi) is 5.55. The number of hydrazine groups is 1. The summed E-state index contributed by atoms with van der Waals surface area (Å²) in [4.78, 5) is 9.08. The summed E-state index contributed by atoms with van der Waals surface area (Å²) in [6.07, 6.45) is 1.58. The topological polar surface area (TPSA) is 77.6 Å². The van der Waals surface area contributed by atoms with Gasteiger partial charge in [-0.05, 0) is 36.0 Å². The van der Waals surface area contributed by atoms with E-state index in [1.807, 2.05) is 14.0 Å². The largest absolute Gasteiger partial charge is 0.369 e. The van der Waals surface area contributed by atoms with E-state index in [1.165, 1.54) is 0 Å². The molecular weight excluding hydrogens is 358 g/mol. The van der Waals surface area contributed by atoms with Crippen LogP contribution in [0.2, 0.25) is 0 Å². The van der Waals surface area contributed by atoms with Gasteiger partial charge in [0.2, 0.25) is 0 Å². The van der Waals surface area contributed by atoms with Crippen LogP contribution >= 0.6 is 15.9 Å². The number of aromatic nitrogens is 1. The van der Waals surface area contributed by atoms with Gasteiger partial charge in [-0.1, -0.05) is 0 Å². The molecule has 1 aromatic heterocycles. The predicted octanol–water partition coefficient (Wildman–Crippen LogP) is 0.717. The molecule has 0 unspecified atom stereocenters. The molecule has 0 spiro atoms. The van der Waals surface area contributed by atoms with Crippen molar-refractivity contribution in [2.45, 2.75) is 11.8 Å². The minimum atomic E-state index is -3.65. The Labute approximate surface area is 133 Å². The van der Waals surface area contributed by atoms with Crippen LogP contribution in [-0.4, -0.2) is 63.1 Å². The number of piperazine rings is 1. The Morgan fingerprint density at radius 3 is 2.62 bits per heavy atom. The standard InChI is InChI=1S/C12H20BrN5O2S/c1-3-14-12-11(8-10(13)9-15-12)21(19,20)16-18-6-4-17(2)5-7-18/h8-9,16H,3-7H2,1-2H3,(H,14,15). The summed E-state index contributed by atoms with van der Waals surface area (Å²) in [6.45, 7) is 5.49. The van der Waals surface area contributed by atoms with Crippen molar-refractivity contribution in [2.75, 3.05) is 45.1 Å². The van der Waals surface area contributed by atoms with Crippen LogP contribution < -0.4 is 10.1 Å². The van der Waals surface area contributed by atoms with Crippen LogP contribution in [0.3, 0.4) is 0 Å². The Bertz CT molecular complexity index is 587. The highest BCUT2D eigenvalue weighted by Crippen LogP contribution is 2.23. The molecule has 0 saturated carbocycles. The van der Waals surface area contributed by atoms with E-state index in [0.29, 0.717) is 29.9 Å². The first-order valence-electron chi connectivity index (χ1n) is 6.77. The van der Waals surface area contributed by atoms with Crippen LogP contribution in [0.5, 0.6) is 0 Å². The number of pyridine rings is 1. The van der Waals surface area contributed by atoms with Gasteiger partial charge in [0.1, 0.15) is 10.7 Å². The molecule has 0 amide bonds. The molecular formula is C12H20BrN5O2S. The molecule has 1 fully saturated rings. The molecule has 1 saturated heterocycles. The lowest BCUT2D eigenvalue weighted by Gasteiger charge is -2.32. The van der Waals surface area contributed by atoms with Gasteiger partial charge in [-0.3, -0.25) is 0 Å². The van der Waals surface area contributed by atoms with Gasteiger partial charge in [-0.2, -0.15) is 0 Å². The summed E-state index contributed by atoms with van der Waals surface area (Å²) >= 11 is 3.27. The van der Waals surface area contributed by atoms with Crippen LogP contribution in [0, 0.1) is 0 Å². The van der Waals surface area contributed by atoms with E-state index in [9.17, 15) is 8.42 Å². The number of nitrogens with zero attached hydrogens (tertiary/aromatic N) is 3. The number of hydrogen-bond donors (Lipinski definition) is 2. The van der Waals surface area contributed by atoms with Gasteiger partial charge in [0.15, 0.2) is 0 Å². The average Bonchev–Trinajstić information content (AvgIpc) is 2.43. The van der Waals surface area contributed by atoms with Crippen molar-refractivity contribution < 1.29 is 8.42 Å². The van der Waals surface area contributed by atoms with Crippen LogP contribution in [0.15, 0.2) is 21.6 Å². The zero-order chi connectivity index (χ0) is 15.5. The lowest BCUT2D eigenvalue weighted by atomic mass is 10.4. The molecule has 2 N–H and O–H groups in total. The Balaban J connectivity index is 2.20. The van der Waals surface area contributed by atoms with Gasteiger partial charge in [0, 0.05) is 43.4 Å². The first-order valence-corrected chi connectivity index (χ1v) is 9.05. The third kappa shape index (κ3) is 4.36. The number of anilines is 1. The molecule has 9 heteroatoms. The Morgan fingerprint density at radius 1 is 1.33 bits per heavy atom. The third-order valence-corrected chi connectivity index (χ3v) is 5.03. The summed E-state index contributed by atoms with van der Waals surface area (Å²) < 4.78 is 25.8. The summed E-state index contributed by atoms with van der Waals surface area (Å²) in [7, 11) is -1.63. The first kappa shape index (κ1) is 16.6. The second-order valence-corrected chi connectivity index (χ2v) is 7.46. The van der Waals surface area contributed by atoms with E-state index < -0.39 is 10.0 Å². The summed E-state index contributed by atoms with van der Waals surface area (Å²) in [5.74, 6) is 0.363. The van der Waals surface area contributed by atoms with Crippen LogP contribution in [0.25, 0.3) is 0 Å². The second kappa shape index (κ2) is 7.01. The highest BCUT2D eigenvalue weighted by molar-refractivity contribution is 9.10. The summed E-state index contributed by atoms with van der Waals surface area (Å²) in [6, 6.07) is 1.56. The molecule has 0 atom stereocenters. The fraction of sp³-hybridized carbons (Fsp3) is 0.583. The first-order chi connectivity index (χ1) is 9.92.